The average Bonchev–Trinajstić information content (AvgIpc) is 3.39. The summed E-state index contributed by atoms with van der Waals surface area (Å²) >= 11 is 0. The summed E-state index contributed by atoms with van der Waals surface area (Å²) in [5, 5.41) is 23.4. The molecule has 2 unspecified atom stereocenters. The summed E-state index contributed by atoms with van der Waals surface area (Å²) in [6.45, 7) is 4.98. The highest BCUT2D eigenvalue weighted by Crippen LogP contribution is 2.19. The Balaban J connectivity index is 3.40. The van der Waals surface area contributed by atoms with E-state index in [1.165, 1.54) is 308 Å². The number of carbonyl (C=O) groups excluding carboxylic acids is 2. The van der Waals surface area contributed by atoms with Crippen LogP contribution in [0.25, 0.3) is 0 Å². The Morgan fingerprint density at radius 3 is 0.836 bits per heavy atom. The minimum absolute atomic E-state index is 0.00453. The van der Waals surface area contributed by atoms with E-state index in [0.717, 1.165) is 51.4 Å². The molecule has 6 heteroatoms. The molecule has 0 aromatic rings. The molecule has 2 atom stereocenters. The molecule has 3 N–H and O–H groups in total. The van der Waals surface area contributed by atoms with Crippen molar-refractivity contribution < 1.29 is 24.5 Å². The number of esters is 1. The van der Waals surface area contributed by atoms with Gasteiger partial charge in [-0.3, -0.25) is 9.59 Å². The van der Waals surface area contributed by atoms with Gasteiger partial charge in [0.1, 0.15) is 0 Å². The summed E-state index contributed by atoms with van der Waals surface area (Å²) < 4.78 is 5.50. The minimum Gasteiger partial charge on any atom is -0.466 e. The van der Waals surface area contributed by atoms with Gasteiger partial charge in [-0.25, -0.2) is 0 Å². The van der Waals surface area contributed by atoms with Crippen molar-refractivity contribution in [3.63, 3.8) is 0 Å². The first kappa shape index (κ1) is 71.9. The molecule has 6 nitrogen and oxygen atoms in total. The molecule has 73 heavy (non-hydrogen) atoms. The third-order valence-electron chi connectivity index (χ3n) is 16.2. The van der Waals surface area contributed by atoms with Crippen LogP contribution in [0.5, 0.6) is 0 Å². The molecule has 436 valence electrons. The van der Waals surface area contributed by atoms with E-state index >= 15 is 0 Å². The Hall–Kier alpha value is -1.14. The fourth-order valence-electron chi connectivity index (χ4n) is 11.0. The predicted octanol–water partition coefficient (Wildman–Crippen LogP) is 21.4. The van der Waals surface area contributed by atoms with Crippen molar-refractivity contribution in [1.82, 2.24) is 5.32 Å². The molecular weight excluding hydrogens is 899 g/mol. The Labute approximate surface area is 457 Å². The molecule has 0 rings (SSSR count). The van der Waals surface area contributed by atoms with Gasteiger partial charge >= 0.3 is 5.97 Å². The van der Waals surface area contributed by atoms with Crippen molar-refractivity contribution in [2.45, 2.75) is 405 Å². The van der Waals surface area contributed by atoms with Crippen LogP contribution in [-0.4, -0.2) is 47.4 Å². The molecule has 0 aliphatic rings. The fraction of sp³-hybridized carbons (Fsp3) is 0.970. The Morgan fingerprint density at radius 1 is 0.329 bits per heavy atom. The molecule has 0 spiro atoms. The van der Waals surface area contributed by atoms with Crippen LogP contribution < -0.4 is 5.32 Å². The van der Waals surface area contributed by atoms with Gasteiger partial charge in [0.05, 0.1) is 25.4 Å². The second-order valence-electron chi connectivity index (χ2n) is 23.5. The zero-order valence-corrected chi connectivity index (χ0v) is 49.9. The van der Waals surface area contributed by atoms with Crippen LogP contribution in [0.4, 0.5) is 0 Å². The molecule has 0 aliphatic carbocycles. The lowest BCUT2D eigenvalue weighted by molar-refractivity contribution is -0.143. The van der Waals surface area contributed by atoms with Gasteiger partial charge < -0.3 is 20.3 Å². The van der Waals surface area contributed by atoms with Crippen LogP contribution >= 0.6 is 0 Å². The van der Waals surface area contributed by atoms with E-state index in [1.807, 2.05) is 0 Å². The molecule has 1 amide bonds. The number of hydrogen-bond acceptors (Lipinski definition) is 5. The van der Waals surface area contributed by atoms with E-state index in [0.29, 0.717) is 25.9 Å². The third-order valence-corrected chi connectivity index (χ3v) is 16.2. The maximum atomic E-state index is 12.5. The number of aliphatic hydroxyl groups excluding tert-OH is 2. The largest absolute Gasteiger partial charge is 0.466 e. The normalized spacial score (nSPS) is 12.4. The lowest BCUT2D eigenvalue weighted by atomic mass is 10.0. The van der Waals surface area contributed by atoms with E-state index < -0.39 is 12.1 Å². The van der Waals surface area contributed by atoms with Crippen LogP contribution in [0.15, 0.2) is 0 Å². The maximum Gasteiger partial charge on any atom is 0.305 e. The molecule has 0 fully saturated rings. The topological polar surface area (TPSA) is 95.9 Å². The molecule has 0 heterocycles. The lowest BCUT2D eigenvalue weighted by Crippen LogP contribution is -2.45. The van der Waals surface area contributed by atoms with Gasteiger partial charge in [-0.05, 0) is 25.7 Å². The maximum absolute atomic E-state index is 12.5. The second kappa shape index (κ2) is 63.4. The van der Waals surface area contributed by atoms with Gasteiger partial charge in [-0.15, -0.1) is 0 Å². The second-order valence-corrected chi connectivity index (χ2v) is 23.5. The highest BCUT2D eigenvalue weighted by Gasteiger charge is 2.20. The van der Waals surface area contributed by atoms with Gasteiger partial charge in [0, 0.05) is 12.8 Å². The lowest BCUT2D eigenvalue weighted by Gasteiger charge is -2.22. The average molecular weight is 1030 g/mol. The van der Waals surface area contributed by atoms with Crippen LogP contribution in [0.2, 0.25) is 0 Å². The van der Waals surface area contributed by atoms with Gasteiger partial charge in [0.25, 0.3) is 0 Å². The Kier molecular flexibility index (Phi) is 62.4. The summed E-state index contributed by atoms with van der Waals surface area (Å²) in [5.41, 5.74) is 0. The summed E-state index contributed by atoms with van der Waals surface area (Å²) in [6, 6.07) is -0.549. The van der Waals surface area contributed by atoms with E-state index in [4.69, 9.17) is 4.74 Å². The smallest absolute Gasteiger partial charge is 0.305 e. The number of aliphatic hydroxyl groups is 2. The number of unbranched alkanes of at least 4 members (excludes halogenated alkanes) is 53. The van der Waals surface area contributed by atoms with Gasteiger partial charge in [0.15, 0.2) is 0 Å². The van der Waals surface area contributed by atoms with E-state index in [1.54, 1.807) is 0 Å². The van der Waals surface area contributed by atoms with E-state index in [9.17, 15) is 19.8 Å². The number of carbonyl (C=O) groups is 2. The quantitative estimate of drug-likeness (QED) is 0.0417. The highest BCUT2D eigenvalue weighted by atomic mass is 16.5. The summed E-state index contributed by atoms with van der Waals surface area (Å²) in [5.74, 6) is -0.0351. The molecule has 0 radical (unpaired) electrons. The number of nitrogens with one attached hydrogen (secondary N) is 1. The zero-order valence-electron chi connectivity index (χ0n) is 49.9. The van der Waals surface area contributed by atoms with Crippen LogP contribution in [-0.2, 0) is 14.3 Å². The number of amides is 1. The van der Waals surface area contributed by atoms with Gasteiger partial charge in [-0.2, -0.15) is 0 Å². The summed E-state index contributed by atoms with van der Waals surface area (Å²) in [7, 11) is 0. The van der Waals surface area contributed by atoms with Crippen molar-refractivity contribution in [1.29, 1.82) is 0 Å². The van der Waals surface area contributed by atoms with Crippen molar-refractivity contribution in [3.8, 4) is 0 Å². The molecule has 0 bridgehead atoms. The molecule has 0 aromatic heterocycles. The third kappa shape index (κ3) is 60.0. The van der Waals surface area contributed by atoms with Crippen molar-refractivity contribution in [2.24, 2.45) is 0 Å². The first-order chi connectivity index (χ1) is 36.0. The fourth-order valence-corrected chi connectivity index (χ4v) is 11.0. The van der Waals surface area contributed by atoms with Crippen LogP contribution in [0, 0.1) is 0 Å². The van der Waals surface area contributed by atoms with E-state index in [2.05, 4.69) is 19.2 Å². The SMILES string of the molecule is CCCCCCCCCCCCCCCCCCCCCCCCCC(O)C(CO)NC(=O)CCCCCCCCCCCCCCCCOC(=O)CCCCCCCCCCCCCCCCCCCCC. The molecule has 0 aromatic carbocycles. The van der Waals surface area contributed by atoms with Crippen molar-refractivity contribution >= 4 is 11.9 Å². The van der Waals surface area contributed by atoms with Crippen LogP contribution in [0.1, 0.15) is 393 Å². The molecule has 0 aliphatic heterocycles. The number of rotatable bonds is 64. The Morgan fingerprint density at radius 2 is 0.562 bits per heavy atom. The predicted molar refractivity (Wildman–Crippen MR) is 320 cm³/mol. The minimum atomic E-state index is -0.672. The number of hydrogen-bond donors (Lipinski definition) is 3. The molecule has 0 saturated heterocycles. The van der Waals surface area contributed by atoms with E-state index in [-0.39, 0.29) is 18.5 Å². The standard InChI is InChI=1S/C67H133NO5/c1-3-5-7-9-11-13-15-17-19-21-23-24-25-26-28-29-31-35-39-43-47-51-55-59-65(70)64(63-69)68-66(71)60-56-52-48-44-40-36-33-34-38-42-46-50-54-58-62-73-67(72)61-57-53-49-45-41-37-32-30-27-22-20-18-16-14-12-10-8-6-4-2/h64-65,69-70H,3-63H2,1-2H3,(H,68,71). The van der Waals surface area contributed by atoms with Gasteiger partial charge in [-0.1, -0.05) is 354 Å². The first-order valence-electron chi connectivity index (χ1n) is 33.8. The molecule has 0 saturated carbocycles. The highest BCUT2D eigenvalue weighted by molar-refractivity contribution is 5.76. The monoisotopic (exact) mass is 1030 g/mol. The van der Waals surface area contributed by atoms with Crippen molar-refractivity contribution in [2.75, 3.05) is 13.2 Å². The zero-order chi connectivity index (χ0) is 52.9. The Bertz CT molecular complexity index is 1050. The number of ether oxygens (including phenoxy) is 1. The summed E-state index contributed by atoms with van der Waals surface area (Å²) in [6.07, 6.45) is 75.5. The van der Waals surface area contributed by atoms with Crippen molar-refractivity contribution in [3.05, 3.63) is 0 Å². The summed E-state index contributed by atoms with van der Waals surface area (Å²) in [4.78, 5) is 24.7. The van der Waals surface area contributed by atoms with Gasteiger partial charge in [0.2, 0.25) is 5.91 Å². The first-order valence-corrected chi connectivity index (χ1v) is 33.8. The van der Waals surface area contributed by atoms with Crippen LogP contribution in [0.3, 0.4) is 0 Å². The molecular formula is C67H133NO5.